The number of amides is 1. The lowest BCUT2D eigenvalue weighted by atomic mass is 10.3. The number of H-pyrrole nitrogens is 1. The summed E-state index contributed by atoms with van der Waals surface area (Å²) in [5.41, 5.74) is 2.58. The van der Waals surface area contributed by atoms with E-state index >= 15 is 0 Å². The van der Waals surface area contributed by atoms with E-state index in [9.17, 15) is 4.79 Å². The van der Waals surface area contributed by atoms with Gasteiger partial charge in [-0.2, -0.15) is 0 Å². The van der Waals surface area contributed by atoms with Crippen LogP contribution in [0, 0.1) is 0 Å². The molecule has 1 aromatic carbocycles. The summed E-state index contributed by atoms with van der Waals surface area (Å²) in [6.07, 6.45) is 0.793. The number of rotatable bonds is 6. The molecule has 0 radical (unpaired) electrons. The topological polar surface area (TPSA) is 83.1 Å². The van der Waals surface area contributed by atoms with Crippen molar-refractivity contribution in [2.75, 3.05) is 32.8 Å². The summed E-state index contributed by atoms with van der Waals surface area (Å²) in [4.78, 5) is 26.5. The Labute approximate surface area is 155 Å². The minimum atomic E-state index is 0.00559. The summed E-state index contributed by atoms with van der Waals surface area (Å²) in [5.74, 6) is 0.930. The summed E-state index contributed by atoms with van der Waals surface area (Å²) in [6, 6.07) is 8.00. The van der Waals surface area contributed by atoms with Crippen LogP contribution in [-0.2, 0) is 17.7 Å². The lowest BCUT2D eigenvalue weighted by Gasteiger charge is -2.25. The summed E-state index contributed by atoms with van der Waals surface area (Å²) < 4.78 is 5.28. The molecule has 0 unspecified atom stereocenters. The third-order valence-corrected chi connectivity index (χ3v) is 5.22. The Kier molecular flexibility index (Phi) is 5.24. The standard InChI is InChI=1S/C18H21N5O2S/c24-18(23-7-9-25-10-8-23)15-12-26-17(22-15)5-6-19-11-16-20-13-3-1-2-4-14(13)21-16/h1-4,12,19H,5-11H2,(H,20,21). The maximum Gasteiger partial charge on any atom is 0.273 e. The molecule has 0 bridgehead atoms. The van der Waals surface area contributed by atoms with Gasteiger partial charge in [-0.25, -0.2) is 9.97 Å². The number of fused-ring (bicyclic) bond motifs is 1. The van der Waals surface area contributed by atoms with Crippen molar-refractivity contribution < 1.29 is 9.53 Å². The molecule has 3 aromatic rings. The number of nitrogens with zero attached hydrogens (tertiary/aromatic N) is 3. The first kappa shape index (κ1) is 17.1. The average molecular weight is 371 g/mol. The number of aromatic amines is 1. The summed E-state index contributed by atoms with van der Waals surface area (Å²) in [5, 5.41) is 6.20. The number of carbonyl (C=O) groups is 1. The minimum Gasteiger partial charge on any atom is -0.378 e. The molecular formula is C18H21N5O2S. The lowest BCUT2D eigenvalue weighted by Crippen LogP contribution is -2.40. The zero-order valence-corrected chi connectivity index (χ0v) is 15.2. The van der Waals surface area contributed by atoms with E-state index in [2.05, 4.69) is 20.3 Å². The van der Waals surface area contributed by atoms with E-state index in [1.807, 2.05) is 34.5 Å². The van der Waals surface area contributed by atoms with Crippen molar-refractivity contribution in [1.82, 2.24) is 25.2 Å². The second kappa shape index (κ2) is 7.94. The van der Waals surface area contributed by atoms with E-state index < -0.39 is 0 Å². The van der Waals surface area contributed by atoms with E-state index in [0.717, 1.165) is 34.8 Å². The van der Waals surface area contributed by atoms with Crippen molar-refractivity contribution in [3.8, 4) is 0 Å². The van der Waals surface area contributed by atoms with Gasteiger partial charge >= 0.3 is 0 Å². The van der Waals surface area contributed by atoms with Crippen LogP contribution in [0.4, 0.5) is 0 Å². The molecule has 8 heteroatoms. The Morgan fingerprint density at radius 3 is 2.96 bits per heavy atom. The number of ether oxygens (including phenoxy) is 1. The first-order valence-corrected chi connectivity index (χ1v) is 9.63. The van der Waals surface area contributed by atoms with Crippen molar-refractivity contribution in [2.45, 2.75) is 13.0 Å². The van der Waals surface area contributed by atoms with Crippen molar-refractivity contribution in [3.05, 3.63) is 46.2 Å². The summed E-state index contributed by atoms with van der Waals surface area (Å²) in [7, 11) is 0. The van der Waals surface area contributed by atoms with Crippen molar-refractivity contribution in [3.63, 3.8) is 0 Å². The van der Waals surface area contributed by atoms with Gasteiger partial charge < -0.3 is 19.9 Å². The van der Waals surface area contributed by atoms with Gasteiger partial charge in [-0.15, -0.1) is 11.3 Å². The number of morpholine rings is 1. The number of aromatic nitrogens is 3. The smallest absolute Gasteiger partial charge is 0.273 e. The Balaban J connectivity index is 1.26. The summed E-state index contributed by atoms with van der Waals surface area (Å²) >= 11 is 1.54. The third kappa shape index (κ3) is 3.92. The second-order valence-electron chi connectivity index (χ2n) is 6.16. The first-order valence-electron chi connectivity index (χ1n) is 8.75. The van der Waals surface area contributed by atoms with Gasteiger partial charge in [0.1, 0.15) is 11.5 Å². The normalized spacial score (nSPS) is 14.8. The molecule has 3 heterocycles. The average Bonchev–Trinajstić information content (AvgIpc) is 3.32. The largest absolute Gasteiger partial charge is 0.378 e. The fourth-order valence-corrected chi connectivity index (χ4v) is 3.72. The Morgan fingerprint density at radius 2 is 2.12 bits per heavy atom. The molecule has 2 N–H and O–H groups in total. The highest BCUT2D eigenvalue weighted by molar-refractivity contribution is 7.09. The fourth-order valence-electron chi connectivity index (χ4n) is 2.94. The predicted octanol–water partition coefficient (Wildman–Crippen LogP) is 1.82. The van der Waals surface area contributed by atoms with E-state index in [4.69, 9.17) is 4.74 Å². The van der Waals surface area contributed by atoms with Gasteiger partial charge in [-0.05, 0) is 12.1 Å². The molecule has 0 atom stereocenters. The quantitative estimate of drug-likeness (QED) is 0.646. The second-order valence-corrected chi connectivity index (χ2v) is 7.10. The van der Waals surface area contributed by atoms with E-state index in [1.54, 1.807) is 0 Å². The van der Waals surface area contributed by atoms with Gasteiger partial charge in [-0.1, -0.05) is 12.1 Å². The van der Waals surface area contributed by atoms with Crippen LogP contribution in [0.1, 0.15) is 21.3 Å². The molecule has 0 saturated carbocycles. The molecule has 0 aliphatic carbocycles. The molecule has 1 amide bonds. The van der Waals surface area contributed by atoms with Crippen molar-refractivity contribution in [2.24, 2.45) is 0 Å². The van der Waals surface area contributed by atoms with E-state index in [-0.39, 0.29) is 5.91 Å². The number of para-hydroxylation sites is 2. The van der Waals surface area contributed by atoms with Gasteiger partial charge in [-0.3, -0.25) is 4.79 Å². The van der Waals surface area contributed by atoms with Gasteiger partial charge in [0.05, 0.1) is 35.8 Å². The van der Waals surface area contributed by atoms with Crippen LogP contribution in [0.15, 0.2) is 29.6 Å². The predicted molar refractivity (Wildman–Crippen MR) is 100 cm³/mol. The third-order valence-electron chi connectivity index (χ3n) is 4.32. The van der Waals surface area contributed by atoms with Crippen LogP contribution < -0.4 is 5.32 Å². The number of hydrogen-bond acceptors (Lipinski definition) is 6. The van der Waals surface area contributed by atoms with Crippen LogP contribution >= 0.6 is 11.3 Å². The Bertz CT molecular complexity index is 851. The SMILES string of the molecule is O=C(c1csc(CCNCc2nc3ccccc3[nH]2)n1)N1CCOCC1. The highest BCUT2D eigenvalue weighted by Gasteiger charge is 2.20. The highest BCUT2D eigenvalue weighted by Crippen LogP contribution is 2.14. The maximum absolute atomic E-state index is 12.4. The van der Waals surface area contributed by atoms with E-state index in [1.165, 1.54) is 11.3 Å². The molecule has 26 heavy (non-hydrogen) atoms. The maximum atomic E-state index is 12.4. The molecular weight excluding hydrogens is 350 g/mol. The van der Waals surface area contributed by atoms with Crippen LogP contribution in [0.25, 0.3) is 11.0 Å². The Morgan fingerprint density at radius 1 is 1.27 bits per heavy atom. The molecule has 7 nitrogen and oxygen atoms in total. The molecule has 1 saturated heterocycles. The van der Waals surface area contributed by atoms with Gasteiger partial charge in [0.15, 0.2) is 0 Å². The van der Waals surface area contributed by atoms with Crippen LogP contribution in [0.5, 0.6) is 0 Å². The molecule has 0 spiro atoms. The zero-order chi connectivity index (χ0) is 17.8. The molecule has 1 aliphatic rings. The van der Waals surface area contributed by atoms with Crippen molar-refractivity contribution in [1.29, 1.82) is 0 Å². The first-order chi connectivity index (χ1) is 12.8. The fraction of sp³-hybridized carbons (Fsp3) is 0.389. The summed E-state index contributed by atoms with van der Waals surface area (Å²) in [6.45, 7) is 3.97. The molecule has 136 valence electrons. The molecule has 4 rings (SSSR count). The number of carbonyl (C=O) groups excluding carboxylic acids is 1. The Hall–Kier alpha value is -2.29. The molecule has 1 fully saturated rings. The number of imidazole rings is 1. The van der Waals surface area contributed by atoms with Gasteiger partial charge in [0, 0.05) is 31.4 Å². The molecule has 1 aliphatic heterocycles. The number of benzene rings is 1. The van der Waals surface area contributed by atoms with Crippen LogP contribution in [-0.4, -0.2) is 58.6 Å². The number of thiazole rings is 1. The number of hydrogen-bond donors (Lipinski definition) is 2. The minimum absolute atomic E-state index is 0.00559. The molecule has 2 aromatic heterocycles. The monoisotopic (exact) mass is 371 g/mol. The highest BCUT2D eigenvalue weighted by atomic mass is 32.1. The van der Waals surface area contributed by atoms with Gasteiger partial charge in [0.25, 0.3) is 5.91 Å². The van der Waals surface area contributed by atoms with Crippen LogP contribution in [0.3, 0.4) is 0 Å². The van der Waals surface area contributed by atoms with E-state index in [0.29, 0.717) is 38.5 Å². The number of nitrogens with one attached hydrogen (secondary N) is 2. The van der Waals surface area contributed by atoms with Crippen molar-refractivity contribution >= 4 is 28.3 Å². The van der Waals surface area contributed by atoms with Gasteiger partial charge in [0.2, 0.25) is 0 Å². The lowest BCUT2D eigenvalue weighted by molar-refractivity contribution is 0.0299. The zero-order valence-electron chi connectivity index (χ0n) is 14.4. The van der Waals surface area contributed by atoms with Crippen LogP contribution in [0.2, 0.25) is 0 Å².